The van der Waals surface area contributed by atoms with Gasteiger partial charge in [0.05, 0.1) is 4.47 Å². The molecule has 2 aromatic rings. The maximum atomic E-state index is 13.8. The van der Waals surface area contributed by atoms with Crippen LogP contribution in [0.25, 0.3) is 0 Å². The van der Waals surface area contributed by atoms with Crippen LogP contribution in [0.2, 0.25) is 0 Å². The molecule has 1 atom stereocenters. The monoisotopic (exact) mass is 368 g/mol. The summed E-state index contributed by atoms with van der Waals surface area (Å²) in [6.45, 7) is 1.38. The van der Waals surface area contributed by atoms with Gasteiger partial charge in [0.2, 0.25) is 0 Å². The van der Waals surface area contributed by atoms with Crippen molar-refractivity contribution in [3.05, 3.63) is 56.4 Å². The van der Waals surface area contributed by atoms with E-state index < -0.39 is 0 Å². The van der Waals surface area contributed by atoms with Gasteiger partial charge in [-0.1, -0.05) is 6.07 Å². The SMILES string of the molecule is NCC(c1ccc(Br)c(F)c1)N(Cc1ccsc1)C1CC1. The predicted octanol–water partition coefficient (Wildman–Crippen LogP) is 4.31. The van der Waals surface area contributed by atoms with Gasteiger partial charge in [0.25, 0.3) is 0 Å². The third-order valence-corrected chi connectivity index (χ3v) is 5.29. The standard InChI is InChI=1S/C16H18BrFN2S/c17-14-4-1-12(7-15(14)18)16(8-19)20(13-2-3-13)9-11-5-6-21-10-11/h1,4-7,10,13,16H,2-3,8-9,19H2. The van der Waals surface area contributed by atoms with Crippen molar-refractivity contribution in [3.8, 4) is 0 Å². The molecule has 2 N–H and O–H groups in total. The Morgan fingerprint density at radius 3 is 2.76 bits per heavy atom. The first-order chi connectivity index (χ1) is 10.2. The van der Waals surface area contributed by atoms with Gasteiger partial charge in [-0.2, -0.15) is 11.3 Å². The van der Waals surface area contributed by atoms with E-state index in [1.54, 1.807) is 23.5 Å². The highest BCUT2D eigenvalue weighted by atomic mass is 79.9. The molecule has 1 aliphatic carbocycles. The minimum absolute atomic E-state index is 0.0694. The fourth-order valence-corrected chi connectivity index (χ4v) is 3.58. The van der Waals surface area contributed by atoms with Gasteiger partial charge in [0, 0.05) is 25.2 Å². The van der Waals surface area contributed by atoms with Crippen LogP contribution in [0, 0.1) is 5.82 Å². The Bertz CT molecular complexity index is 598. The maximum absolute atomic E-state index is 13.8. The van der Waals surface area contributed by atoms with Crippen LogP contribution in [0.3, 0.4) is 0 Å². The van der Waals surface area contributed by atoms with E-state index in [0.29, 0.717) is 17.1 Å². The smallest absolute Gasteiger partial charge is 0.137 e. The van der Waals surface area contributed by atoms with E-state index in [1.807, 2.05) is 6.07 Å². The molecular weight excluding hydrogens is 351 g/mol. The predicted molar refractivity (Wildman–Crippen MR) is 88.8 cm³/mol. The highest BCUT2D eigenvalue weighted by Crippen LogP contribution is 2.36. The topological polar surface area (TPSA) is 29.3 Å². The van der Waals surface area contributed by atoms with Gasteiger partial charge in [-0.3, -0.25) is 4.90 Å². The van der Waals surface area contributed by atoms with Crippen molar-refractivity contribution < 1.29 is 4.39 Å². The van der Waals surface area contributed by atoms with E-state index in [-0.39, 0.29) is 11.9 Å². The van der Waals surface area contributed by atoms with Crippen LogP contribution in [-0.4, -0.2) is 17.5 Å². The van der Waals surface area contributed by atoms with Crippen molar-refractivity contribution in [1.82, 2.24) is 4.90 Å². The van der Waals surface area contributed by atoms with E-state index >= 15 is 0 Å². The van der Waals surface area contributed by atoms with E-state index in [2.05, 4.69) is 37.7 Å². The van der Waals surface area contributed by atoms with Gasteiger partial charge in [-0.05, 0) is 68.9 Å². The first kappa shape index (κ1) is 15.2. The Balaban J connectivity index is 1.86. The molecule has 1 fully saturated rings. The molecule has 1 aliphatic rings. The number of nitrogens with two attached hydrogens (primary N) is 1. The Kier molecular flexibility index (Phi) is 4.74. The summed E-state index contributed by atoms with van der Waals surface area (Å²) in [6.07, 6.45) is 2.42. The van der Waals surface area contributed by atoms with Gasteiger partial charge in [0.1, 0.15) is 5.82 Å². The summed E-state index contributed by atoms with van der Waals surface area (Å²) in [6, 6.07) is 8.13. The molecule has 1 aromatic carbocycles. The van der Waals surface area contributed by atoms with Gasteiger partial charge in [-0.25, -0.2) is 4.39 Å². The highest BCUT2D eigenvalue weighted by Gasteiger charge is 2.34. The van der Waals surface area contributed by atoms with Crippen molar-refractivity contribution in [2.24, 2.45) is 5.73 Å². The zero-order valence-corrected chi connectivity index (χ0v) is 14.0. The van der Waals surface area contributed by atoms with Gasteiger partial charge in [0.15, 0.2) is 0 Å². The van der Waals surface area contributed by atoms with Gasteiger partial charge < -0.3 is 5.73 Å². The molecule has 5 heteroatoms. The van der Waals surface area contributed by atoms with Crippen LogP contribution in [0.5, 0.6) is 0 Å². The average Bonchev–Trinajstić information content (AvgIpc) is 3.20. The summed E-state index contributed by atoms with van der Waals surface area (Å²) >= 11 is 4.92. The third kappa shape index (κ3) is 3.54. The lowest BCUT2D eigenvalue weighted by molar-refractivity contribution is 0.182. The number of hydrogen-bond donors (Lipinski definition) is 1. The van der Waals surface area contributed by atoms with Gasteiger partial charge in [-0.15, -0.1) is 0 Å². The molecule has 0 bridgehead atoms. The largest absolute Gasteiger partial charge is 0.329 e. The quantitative estimate of drug-likeness (QED) is 0.822. The van der Waals surface area contributed by atoms with E-state index in [0.717, 1.165) is 12.1 Å². The number of halogens is 2. The van der Waals surface area contributed by atoms with Crippen molar-refractivity contribution in [3.63, 3.8) is 0 Å². The zero-order chi connectivity index (χ0) is 14.8. The molecule has 3 rings (SSSR count). The van der Waals surface area contributed by atoms with Crippen molar-refractivity contribution in [2.45, 2.75) is 31.5 Å². The van der Waals surface area contributed by atoms with Crippen LogP contribution in [0.1, 0.15) is 30.0 Å². The highest BCUT2D eigenvalue weighted by molar-refractivity contribution is 9.10. The fraction of sp³-hybridized carbons (Fsp3) is 0.375. The van der Waals surface area contributed by atoms with Crippen LogP contribution in [0.4, 0.5) is 4.39 Å². The summed E-state index contributed by atoms with van der Waals surface area (Å²) in [4.78, 5) is 2.42. The molecule has 1 saturated carbocycles. The number of rotatable bonds is 6. The van der Waals surface area contributed by atoms with E-state index in [4.69, 9.17) is 5.73 Å². The maximum Gasteiger partial charge on any atom is 0.137 e. The van der Waals surface area contributed by atoms with Crippen LogP contribution in [-0.2, 0) is 6.54 Å². The number of benzene rings is 1. The molecule has 1 heterocycles. The van der Waals surface area contributed by atoms with Gasteiger partial charge >= 0.3 is 0 Å². The number of thiophene rings is 1. The lowest BCUT2D eigenvalue weighted by Gasteiger charge is -2.31. The summed E-state index contributed by atoms with van der Waals surface area (Å²) in [7, 11) is 0. The molecule has 1 aromatic heterocycles. The minimum atomic E-state index is -0.225. The van der Waals surface area contributed by atoms with Crippen LogP contribution >= 0.6 is 27.3 Å². The first-order valence-corrected chi connectivity index (χ1v) is 8.84. The number of nitrogens with zero attached hydrogens (tertiary/aromatic N) is 1. The molecule has 2 nitrogen and oxygen atoms in total. The fourth-order valence-electron chi connectivity index (χ4n) is 2.68. The van der Waals surface area contributed by atoms with Crippen molar-refractivity contribution in [2.75, 3.05) is 6.54 Å². The second kappa shape index (κ2) is 6.57. The Morgan fingerprint density at radius 1 is 1.38 bits per heavy atom. The Morgan fingerprint density at radius 2 is 2.19 bits per heavy atom. The Hall–Kier alpha value is -0.750. The van der Waals surface area contributed by atoms with E-state index in [1.165, 1.54) is 18.4 Å². The van der Waals surface area contributed by atoms with Crippen molar-refractivity contribution in [1.29, 1.82) is 0 Å². The normalized spacial score (nSPS) is 16.4. The zero-order valence-electron chi connectivity index (χ0n) is 11.6. The molecule has 0 aliphatic heterocycles. The molecule has 112 valence electrons. The molecule has 0 radical (unpaired) electrons. The molecule has 0 spiro atoms. The summed E-state index contributed by atoms with van der Waals surface area (Å²) in [5.41, 5.74) is 8.28. The summed E-state index contributed by atoms with van der Waals surface area (Å²) in [5, 5.41) is 4.27. The second-order valence-electron chi connectivity index (χ2n) is 5.46. The van der Waals surface area contributed by atoms with Crippen LogP contribution in [0.15, 0.2) is 39.5 Å². The van der Waals surface area contributed by atoms with E-state index in [9.17, 15) is 4.39 Å². The third-order valence-electron chi connectivity index (χ3n) is 3.91. The van der Waals surface area contributed by atoms with Crippen molar-refractivity contribution >= 4 is 27.3 Å². The Labute approximate surface area is 136 Å². The molecule has 21 heavy (non-hydrogen) atoms. The average molecular weight is 369 g/mol. The lowest BCUT2D eigenvalue weighted by Crippen LogP contribution is -2.35. The van der Waals surface area contributed by atoms with Crippen LogP contribution < -0.4 is 5.73 Å². The molecule has 0 saturated heterocycles. The summed E-state index contributed by atoms with van der Waals surface area (Å²) < 4.78 is 14.3. The minimum Gasteiger partial charge on any atom is -0.329 e. The molecular formula is C16H18BrFN2S. The molecule has 0 amide bonds. The summed E-state index contributed by atoms with van der Waals surface area (Å²) in [5.74, 6) is -0.225. The number of hydrogen-bond acceptors (Lipinski definition) is 3. The lowest BCUT2D eigenvalue weighted by atomic mass is 10.0. The first-order valence-electron chi connectivity index (χ1n) is 7.11. The second-order valence-corrected chi connectivity index (χ2v) is 7.09. The molecule has 1 unspecified atom stereocenters.